The van der Waals surface area contributed by atoms with Gasteiger partial charge in [0.05, 0.1) is 10.6 Å². The number of fused-ring (bicyclic) bond motifs is 1. The van der Waals surface area contributed by atoms with E-state index in [2.05, 4.69) is 0 Å². The summed E-state index contributed by atoms with van der Waals surface area (Å²) in [6.07, 6.45) is -5.49. The molecule has 158 valence electrons. The first-order chi connectivity index (χ1) is 14.0. The molecule has 0 fully saturated rings. The number of alkyl halides is 3. The van der Waals surface area contributed by atoms with E-state index in [0.717, 1.165) is 23.6 Å². The average Bonchev–Trinajstić information content (AvgIpc) is 2.66. The van der Waals surface area contributed by atoms with Gasteiger partial charge in [-0.3, -0.25) is 0 Å². The van der Waals surface area contributed by atoms with Crippen molar-refractivity contribution in [3.05, 3.63) is 65.2 Å². The minimum Gasteiger partial charge on any atom is -0.478 e. The zero-order valence-corrected chi connectivity index (χ0v) is 16.8. The standard InChI is InChI=1S/C22H18ClF3O4/c1-12(2)20(21(27)28)30-17-7-4-13-3-6-16(9-14(13)10-17)29-19-8-5-15(11-18(19)23)22(24,25)26/h3-12,20H,1-2H3,(H,27,28). The van der Waals surface area contributed by atoms with Gasteiger partial charge in [0.25, 0.3) is 0 Å². The first-order valence-electron chi connectivity index (χ1n) is 9.02. The molecule has 0 aromatic heterocycles. The Labute approximate surface area is 175 Å². The molecule has 0 heterocycles. The van der Waals surface area contributed by atoms with E-state index in [1.165, 1.54) is 0 Å². The summed E-state index contributed by atoms with van der Waals surface area (Å²) in [5, 5.41) is 10.7. The Hall–Kier alpha value is -2.93. The van der Waals surface area contributed by atoms with E-state index in [-0.39, 0.29) is 16.7 Å². The van der Waals surface area contributed by atoms with Crippen molar-refractivity contribution in [1.82, 2.24) is 0 Å². The molecule has 3 aromatic carbocycles. The van der Waals surface area contributed by atoms with Gasteiger partial charge in [-0.05, 0) is 53.2 Å². The minimum absolute atomic E-state index is 0.0853. The van der Waals surface area contributed by atoms with Crippen molar-refractivity contribution in [3.8, 4) is 17.2 Å². The third-order valence-corrected chi connectivity index (χ3v) is 4.68. The molecule has 1 atom stereocenters. The number of aliphatic carboxylic acids is 1. The topological polar surface area (TPSA) is 55.8 Å². The molecule has 0 radical (unpaired) electrons. The average molecular weight is 439 g/mol. The van der Waals surface area contributed by atoms with Crippen molar-refractivity contribution in [3.63, 3.8) is 0 Å². The van der Waals surface area contributed by atoms with Gasteiger partial charge in [0, 0.05) is 5.92 Å². The van der Waals surface area contributed by atoms with Crippen LogP contribution in [-0.2, 0) is 11.0 Å². The first-order valence-corrected chi connectivity index (χ1v) is 9.40. The fourth-order valence-corrected chi connectivity index (χ4v) is 3.06. The molecule has 3 aromatic rings. The number of ether oxygens (including phenoxy) is 2. The van der Waals surface area contributed by atoms with Gasteiger partial charge in [0.15, 0.2) is 6.10 Å². The third kappa shape index (κ3) is 4.97. The maximum atomic E-state index is 12.8. The molecule has 30 heavy (non-hydrogen) atoms. The Morgan fingerprint density at radius 1 is 0.967 bits per heavy atom. The number of hydrogen-bond acceptors (Lipinski definition) is 3. The lowest BCUT2D eigenvalue weighted by Gasteiger charge is -2.18. The fourth-order valence-electron chi connectivity index (χ4n) is 2.84. The maximum absolute atomic E-state index is 12.8. The quantitative estimate of drug-likeness (QED) is 0.460. The van der Waals surface area contributed by atoms with Crippen LogP contribution < -0.4 is 9.47 Å². The largest absolute Gasteiger partial charge is 0.478 e. The molecule has 0 amide bonds. The summed E-state index contributed by atoms with van der Waals surface area (Å²) in [7, 11) is 0. The number of halogens is 4. The summed E-state index contributed by atoms with van der Waals surface area (Å²) in [5.41, 5.74) is -0.863. The Morgan fingerprint density at radius 3 is 2.17 bits per heavy atom. The van der Waals surface area contributed by atoms with Crippen LogP contribution in [0, 0.1) is 5.92 Å². The number of benzene rings is 3. The van der Waals surface area contributed by atoms with Crippen LogP contribution in [0.3, 0.4) is 0 Å². The number of carbonyl (C=O) groups is 1. The summed E-state index contributed by atoms with van der Waals surface area (Å²) in [5.74, 6) is -0.454. The number of carboxylic acid groups (broad SMARTS) is 1. The highest BCUT2D eigenvalue weighted by Crippen LogP contribution is 2.37. The Morgan fingerprint density at radius 2 is 1.60 bits per heavy atom. The van der Waals surface area contributed by atoms with Crippen LogP contribution in [0.15, 0.2) is 54.6 Å². The normalized spacial score (nSPS) is 12.8. The first kappa shape index (κ1) is 21.8. The van der Waals surface area contributed by atoms with Crippen LogP contribution in [0.1, 0.15) is 19.4 Å². The highest BCUT2D eigenvalue weighted by atomic mass is 35.5. The highest BCUT2D eigenvalue weighted by Gasteiger charge is 2.31. The van der Waals surface area contributed by atoms with Gasteiger partial charge in [-0.15, -0.1) is 0 Å². The zero-order chi connectivity index (χ0) is 22.1. The van der Waals surface area contributed by atoms with Gasteiger partial charge in [0.1, 0.15) is 17.2 Å². The second-order valence-corrected chi connectivity index (χ2v) is 7.44. The summed E-state index contributed by atoms with van der Waals surface area (Å²) < 4.78 is 49.6. The lowest BCUT2D eigenvalue weighted by Crippen LogP contribution is -2.32. The predicted octanol–water partition coefficient (Wildman–Crippen LogP) is 6.79. The van der Waals surface area contributed by atoms with Crippen molar-refractivity contribution in [1.29, 1.82) is 0 Å². The van der Waals surface area contributed by atoms with Crippen molar-refractivity contribution in [2.75, 3.05) is 0 Å². The molecule has 0 aliphatic carbocycles. The molecule has 0 aliphatic rings. The molecule has 0 aliphatic heterocycles. The molecule has 1 N–H and O–H groups in total. The lowest BCUT2D eigenvalue weighted by atomic mass is 10.1. The van der Waals surface area contributed by atoms with Gasteiger partial charge >= 0.3 is 12.1 Å². The van der Waals surface area contributed by atoms with Gasteiger partial charge in [0.2, 0.25) is 0 Å². The summed E-state index contributed by atoms with van der Waals surface area (Å²) in [4.78, 5) is 11.4. The van der Waals surface area contributed by atoms with E-state index in [1.54, 1.807) is 50.2 Å². The van der Waals surface area contributed by atoms with Gasteiger partial charge in [-0.25, -0.2) is 4.79 Å². The number of carboxylic acids is 1. The SMILES string of the molecule is CC(C)C(Oc1ccc2ccc(Oc3ccc(C(F)(F)F)cc3Cl)cc2c1)C(=O)O. The van der Waals surface area contributed by atoms with Crippen LogP contribution in [-0.4, -0.2) is 17.2 Å². The Balaban J connectivity index is 1.87. The highest BCUT2D eigenvalue weighted by molar-refractivity contribution is 6.32. The molecule has 4 nitrogen and oxygen atoms in total. The zero-order valence-electron chi connectivity index (χ0n) is 16.0. The van der Waals surface area contributed by atoms with E-state index in [0.29, 0.717) is 16.9 Å². The van der Waals surface area contributed by atoms with Gasteiger partial charge in [-0.2, -0.15) is 13.2 Å². The van der Waals surface area contributed by atoms with E-state index in [4.69, 9.17) is 21.1 Å². The van der Waals surface area contributed by atoms with Crippen LogP contribution in [0.2, 0.25) is 5.02 Å². The van der Waals surface area contributed by atoms with Crippen molar-refractivity contribution < 1.29 is 32.5 Å². The van der Waals surface area contributed by atoms with Crippen molar-refractivity contribution >= 4 is 28.3 Å². The molecule has 0 saturated carbocycles. The van der Waals surface area contributed by atoms with Crippen LogP contribution in [0.5, 0.6) is 17.2 Å². The summed E-state index contributed by atoms with van der Waals surface area (Å²) >= 11 is 5.94. The second kappa shape index (κ2) is 8.44. The molecule has 1 unspecified atom stereocenters. The van der Waals surface area contributed by atoms with E-state index >= 15 is 0 Å². The van der Waals surface area contributed by atoms with E-state index in [9.17, 15) is 23.1 Å². The Kier molecular flexibility index (Phi) is 6.12. The molecule has 0 saturated heterocycles. The molecular formula is C22H18ClF3O4. The minimum atomic E-state index is -4.49. The number of rotatable bonds is 6. The lowest BCUT2D eigenvalue weighted by molar-refractivity contribution is -0.147. The van der Waals surface area contributed by atoms with E-state index in [1.807, 2.05) is 0 Å². The van der Waals surface area contributed by atoms with Crippen molar-refractivity contribution in [2.24, 2.45) is 5.92 Å². The predicted molar refractivity (Wildman–Crippen MR) is 107 cm³/mol. The summed E-state index contributed by atoms with van der Waals surface area (Å²) in [6.45, 7) is 3.50. The fraction of sp³-hybridized carbons (Fsp3) is 0.227. The van der Waals surface area contributed by atoms with Gasteiger partial charge in [-0.1, -0.05) is 37.6 Å². The smallest absolute Gasteiger partial charge is 0.416 e. The molecule has 8 heteroatoms. The third-order valence-electron chi connectivity index (χ3n) is 4.38. The molecule has 0 bridgehead atoms. The van der Waals surface area contributed by atoms with Crippen LogP contribution >= 0.6 is 11.6 Å². The molecular weight excluding hydrogens is 421 g/mol. The second-order valence-electron chi connectivity index (χ2n) is 7.04. The summed E-state index contributed by atoms with van der Waals surface area (Å²) in [6, 6.07) is 13.1. The molecule has 0 spiro atoms. The number of hydrogen-bond donors (Lipinski definition) is 1. The van der Waals surface area contributed by atoms with Crippen LogP contribution in [0.25, 0.3) is 10.8 Å². The van der Waals surface area contributed by atoms with Gasteiger partial charge < -0.3 is 14.6 Å². The molecule has 3 rings (SSSR count). The maximum Gasteiger partial charge on any atom is 0.416 e. The monoisotopic (exact) mass is 438 g/mol. The van der Waals surface area contributed by atoms with Crippen LogP contribution in [0.4, 0.5) is 13.2 Å². The Bertz CT molecular complexity index is 1080. The van der Waals surface area contributed by atoms with E-state index < -0.39 is 23.8 Å². The van der Waals surface area contributed by atoms with Crippen molar-refractivity contribution in [2.45, 2.75) is 26.1 Å².